The highest BCUT2D eigenvalue weighted by Gasteiger charge is 2.38. The van der Waals surface area contributed by atoms with Crippen LogP contribution in [0.5, 0.6) is 0 Å². The Bertz CT molecular complexity index is 491. The molecule has 1 amide bonds. The summed E-state index contributed by atoms with van der Waals surface area (Å²) in [5, 5.41) is 3.25. The first-order valence-electron chi connectivity index (χ1n) is 7.64. The van der Waals surface area contributed by atoms with Crippen LogP contribution in [0.3, 0.4) is 0 Å². The van der Waals surface area contributed by atoms with Gasteiger partial charge in [0, 0.05) is 23.7 Å². The molecule has 2 heterocycles. The van der Waals surface area contributed by atoms with Crippen molar-refractivity contribution in [2.75, 3.05) is 7.05 Å². The number of amides is 1. The maximum atomic E-state index is 12.4. The molecule has 2 aliphatic rings. The van der Waals surface area contributed by atoms with E-state index in [2.05, 4.69) is 23.3 Å². The number of rotatable bonds is 2. The monoisotopic (exact) mass is 272 g/mol. The minimum Gasteiger partial charge on any atom is -0.349 e. The van der Waals surface area contributed by atoms with Gasteiger partial charge >= 0.3 is 0 Å². The fourth-order valence-electron chi connectivity index (χ4n) is 3.90. The van der Waals surface area contributed by atoms with Crippen LogP contribution in [0.1, 0.15) is 47.2 Å². The number of carbonyl (C=O) groups is 1. The van der Waals surface area contributed by atoms with Gasteiger partial charge in [-0.3, -0.25) is 4.79 Å². The van der Waals surface area contributed by atoms with Crippen molar-refractivity contribution in [2.45, 2.75) is 57.7 Å². The average Bonchev–Trinajstić information content (AvgIpc) is 2.61. The van der Waals surface area contributed by atoms with Gasteiger partial charge in [-0.1, -0.05) is 17.2 Å². The molecule has 1 N–H and O–H groups in total. The van der Waals surface area contributed by atoms with E-state index < -0.39 is 0 Å². The van der Waals surface area contributed by atoms with Gasteiger partial charge in [0.1, 0.15) is 0 Å². The molecule has 20 heavy (non-hydrogen) atoms. The molecule has 108 valence electrons. The zero-order chi connectivity index (χ0) is 14.3. The topological polar surface area (TPSA) is 32.3 Å². The van der Waals surface area contributed by atoms with Crippen LogP contribution in [0.4, 0.5) is 0 Å². The van der Waals surface area contributed by atoms with Crippen LogP contribution in [0.2, 0.25) is 0 Å². The Morgan fingerprint density at radius 1 is 1.10 bits per heavy atom. The quantitative estimate of drug-likeness (QED) is 0.897. The highest BCUT2D eigenvalue weighted by molar-refractivity contribution is 5.94. The summed E-state index contributed by atoms with van der Waals surface area (Å²) in [5.74, 6) is 0.0887. The Morgan fingerprint density at radius 3 is 2.20 bits per heavy atom. The summed E-state index contributed by atoms with van der Waals surface area (Å²) in [6, 6.07) is 7.73. The van der Waals surface area contributed by atoms with Crippen LogP contribution in [-0.2, 0) is 0 Å². The molecule has 3 nitrogen and oxygen atoms in total. The predicted octanol–water partition coefficient (Wildman–Crippen LogP) is 2.66. The first-order valence-corrected chi connectivity index (χ1v) is 7.64. The van der Waals surface area contributed by atoms with Gasteiger partial charge in [-0.05, 0) is 58.7 Å². The Morgan fingerprint density at radius 2 is 1.65 bits per heavy atom. The van der Waals surface area contributed by atoms with Crippen LogP contribution >= 0.6 is 0 Å². The molecule has 3 heteroatoms. The van der Waals surface area contributed by atoms with Crippen molar-refractivity contribution in [3.8, 4) is 0 Å². The van der Waals surface area contributed by atoms with Crippen LogP contribution in [0.25, 0.3) is 0 Å². The third-order valence-corrected chi connectivity index (χ3v) is 4.92. The lowest BCUT2D eigenvalue weighted by Crippen LogP contribution is -2.48. The SMILES string of the molecule is Cc1cc(C)cc(C(=O)NC2CC3CCC(C2)N3C)c1. The third-order valence-electron chi connectivity index (χ3n) is 4.92. The van der Waals surface area contributed by atoms with Gasteiger partial charge in [0.05, 0.1) is 0 Å². The van der Waals surface area contributed by atoms with Gasteiger partial charge in [-0.15, -0.1) is 0 Å². The standard InChI is InChI=1S/C17H24N2O/c1-11-6-12(2)8-13(7-11)17(20)18-14-9-15-4-5-16(10-14)19(15)3/h6-8,14-16H,4-5,9-10H2,1-3H3,(H,18,20). The summed E-state index contributed by atoms with van der Waals surface area (Å²) in [7, 11) is 2.23. The smallest absolute Gasteiger partial charge is 0.251 e. The molecule has 0 aliphatic carbocycles. The lowest BCUT2D eigenvalue weighted by molar-refractivity contribution is 0.0882. The van der Waals surface area contributed by atoms with E-state index in [4.69, 9.17) is 0 Å². The van der Waals surface area contributed by atoms with Crippen molar-refractivity contribution < 1.29 is 4.79 Å². The van der Waals surface area contributed by atoms with Crippen LogP contribution in [-0.4, -0.2) is 36.0 Å². The van der Waals surface area contributed by atoms with E-state index in [1.165, 1.54) is 12.8 Å². The fraction of sp³-hybridized carbons (Fsp3) is 0.588. The number of fused-ring (bicyclic) bond motifs is 2. The van der Waals surface area contributed by atoms with Gasteiger partial charge < -0.3 is 10.2 Å². The van der Waals surface area contributed by atoms with Gasteiger partial charge in [-0.25, -0.2) is 0 Å². The van der Waals surface area contributed by atoms with E-state index in [-0.39, 0.29) is 5.91 Å². The highest BCUT2D eigenvalue weighted by atomic mass is 16.1. The molecule has 1 aromatic carbocycles. The highest BCUT2D eigenvalue weighted by Crippen LogP contribution is 2.34. The van der Waals surface area contributed by atoms with Crippen LogP contribution in [0, 0.1) is 13.8 Å². The van der Waals surface area contributed by atoms with Gasteiger partial charge in [0.15, 0.2) is 0 Å². The van der Waals surface area contributed by atoms with E-state index in [1.807, 2.05) is 26.0 Å². The van der Waals surface area contributed by atoms with Gasteiger partial charge in [0.25, 0.3) is 5.91 Å². The fourth-order valence-corrected chi connectivity index (χ4v) is 3.90. The summed E-state index contributed by atoms with van der Waals surface area (Å²) in [4.78, 5) is 14.9. The Labute approximate surface area is 121 Å². The molecule has 0 spiro atoms. The van der Waals surface area contributed by atoms with Crippen molar-refractivity contribution in [1.82, 2.24) is 10.2 Å². The van der Waals surface area contributed by atoms with Crippen molar-refractivity contribution in [3.63, 3.8) is 0 Å². The van der Waals surface area contributed by atoms with E-state index in [0.717, 1.165) is 29.5 Å². The second-order valence-electron chi connectivity index (χ2n) is 6.57. The number of benzene rings is 1. The maximum Gasteiger partial charge on any atom is 0.251 e. The first kappa shape index (κ1) is 13.6. The molecule has 2 unspecified atom stereocenters. The molecule has 2 fully saturated rings. The molecule has 2 saturated heterocycles. The van der Waals surface area contributed by atoms with Gasteiger partial charge in [-0.2, -0.15) is 0 Å². The molecule has 2 aliphatic heterocycles. The molecule has 0 aromatic heterocycles. The zero-order valence-corrected chi connectivity index (χ0v) is 12.6. The number of hydrogen-bond donors (Lipinski definition) is 1. The molecule has 3 rings (SSSR count). The molecular formula is C17H24N2O. The number of piperidine rings is 1. The first-order chi connectivity index (χ1) is 9.52. The minimum atomic E-state index is 0.0887. The number of hydrogen-bond acceptors (Lipinski definition) is 2. The summed E-state index contributed by atoms with van der Waals surface area (Å²) in [6.07, 6.45) is 4.78. The lowest BCUT2D eigenvalue weighted by atomic mass is 9.97. The number of carbonyl (C=O) groups excluding carboxylic acids is 1. The summed E-state index contributed by atoms with van der Waals surface area (Å²) < 4.78 is 0. The predicted molar refractivity (Wildman–Crippen MR) is 81.0 cm³/mol. The van der Waals surface area contributed by atoms with Crippen LogP contribution < -0.4 is 5.32 Å². The summed E-state index contributed by atoms with van der Waals surface area (Å²) in [5.41, 5.74) is 3.10. The average molecular weight is 272 g/mol. The van der Waals surface area contributed by atoms with Crippen molar-refractivity contribution >= 4 is 5.91 Å². The number of nitrogens with one attached hydrogen (secondary N) is 1. The normalized spacial score (nSPS) is 29.4. The molecule has 2 atom stereocenters. The van der Waals surface area contributed by atoms with Crippen molar-refractivity contribution in [3.05, 3.63) is 34.9 Å². The zero-order valence-electron chi connectivity index (χ0n) is 12.6. The Kier molecular flexibility index (Phi) is 3.55. The van der Waals surface area contributed by atoms with E-state index in [0.29, 0.717) is 18.1 Å². The second-order valence-corrected chi connectivity index (χ2v) is 6.57. The summed E-state index contributed by atoms with van der Waals surface area (Å²) >= 11 is 0. The summed E-state index contributed by atoms with van der Waals surface area (Å²) in [6.45, 7) is 4.08. The van der Waals surface area contributed by atoms with Crippen LogP contribution in [0.15, 0.2) is 18.2 Å². The van der Waals surface area contributed by atoms with E-state index in [9.17, 15) is 4.79 Å². The lowest BCUT2D eigenvalue weighted by Gasteiger charge is -2.36. The van der Waals surface area contributed by atoms with E-state index in [1.54, 1.807) is 0 Å². The molecule has 0 radical (unpaired) electrons. The molecule has 0 saturated carbocycles. The number of aryl methyl sites for hydroxylation is 2. The number of nitrogens with zero attached hydrogens (tertiary/aromatic N) is 1. The molecule has 1 aromatic rings. The van der Waals surface area contributed by atoms with Gasteiger partial charge in [0.2, 0.25) is 0 Å². The maximum absolute atomic E-state index is 12.4. The van der Waals surface area contributed by atoms with Crippen molar-refractivity contribution in [2.24, 2.45) is 0 Å². The second kappa shape index (κ2) is 5.21. The minimum absolute atomic E-state index is 0.0887. The molecule has 2 bridgehead atoms. The Balaban J connectivity index is 1.67. The van der Waals surface area contributed by atoms with Crippen molar-refractivity contribution in [1.29, 1.82) is 0 Å². The largest absolute Gasteiger partial charge is 0.349 e. The van der Waals surface area contributed by atoms with E-state index >= 15 is 0 Å². The Hall–Kier alpha value is -1.35. The third kappa shape index (κ3) is 2.59. The molecular weight excluding hydrogens is 248 g/mol.